The Kier molecular flexibility index (Phi) is 6.40. The van der Waals surface area contributed by atoms with Crippen LogP contribution in [0.25, 0.3) is 0 Å². The number of carbonyl (C=O) groups excluding carboxylic acids is 1. The summed E-state index contributed by atoms with van der Waals surface area (Å²) in [5, 5.41) is 0.357. The van der Waals surface area contributed by atoms with E-state index >= 15 is 0 Å². The summed E-state index contributed by atoms with van der Waals surface area (Å²) in [5.74, 6) is -0.451. The molecule has 0 spiro atoms. The van der Waals surface area contributed by atoms with Crippen molar-refractivity contribution >= 4 is 32.5 Å². The minimum atomic E-state index is -3.67. The van der Waals surface area contributed by atoms with Crippen LogP contribution in [0.15, 0.2) is 6.07 Å². The van der Waals surface area contributed by atoms with Crippen molar-refractivity contribution in [3.8, 4) is 0 Å². The number of ether oxygens (including phenoxy) is 2. The zero-order valence-corrected chi connectivity index (χ0v) is 13.2. The second-order valence-corrected chi connectivity index (χ2v) is 6.39. The molecule has 0 atom stereocenters. The van der Waals surface area contributed by atoms with Crippen LogP contribution in [0, 0.1) is 6.92 Å². The Morgan fingerprint density at radius 1 is 1.45 bits per heavy atom. The lowest BCUT2D eigenvalue weighted by molar-refractivity contribution is 0.0531. The molecule has 0 aliphatic heterocycles. The molecule has 1 rings (SSSR count). The maximum atomic E-state index is 11.7. The van der Waals surface area contributed by atoms with Gasteiger partial charge in [0.05, 0.1) is 13.2 Å². The van der Waals surface area contributed by atoms with Gasteiger partial charge >= 0.3 is 5.97 Å². The average Bonchev–Trinajstić information content (AvgIpc) is 2.69. The van der Waals surface area contributed by atoms with E-state index in [1.807, 2.05) is 0 Å². The summed E-state index contributed by atoms with van der Waals surface area (Å²) in [6.45, 7) is 4.15. The first kappa shape index (κ1) is 16.9. The number of esters is 1. The maximum absolute atomic E-state index is 11.7. The van der Waals surface area contributed by atoms with Gasteiger partial charge in [0.25, 0.3) is 10.2 Å². The van der Waals surface area contributed by atoms with Crippen LogP contribution in [0.1, 0.15) is 22.2 Å². The molecule has 2 N–H and O–H groups in total. The maximum Gasteiger partial charge on any atom is 0.348 e. The highest BCUT2D eigenvalue weighted by Crippen LogP contribution is 2.27. The third kappa shape index (κ3) is 5.08. The van der Waals surface area contributed by atoms with Gasteiger partial charge in [0, 0.05) is 13.7 Å². The zero-order valence-electron chi connectivity index (χ0n) is 11.6. The first-order valence-corrected chi connectivity index (χ1v) is 8.23. The van der Waals surface area contributed by atoms with Gasteiger partial charge < -0.3 is 9.47 Å². The molecule has 0 aliphatic carbocycles. The number of methoxy groups -OCH3 is 1. The fourth-order valence-electron chi connectivity index (χ4n) is 1.38. The van der Waals surface area contributed by atoms with Crippen molar-refractivity contribution in [3.05, 3.63) is 16.5 Å². The molecule has 20 heavy (non-hydrogen) atoms. The van der Waals surface area contributed by atoms with Crippen LogP contribution in [-0.2, 0) is 19.7 Å². The molecule has 0 fully saturated rings. The number of nitrogens with one attached hydrogen (secondary N) is 2. The van der Waals surface area contributed by atoms with Gasteiger partial charge in [0.15, 0.2) is 0 Å². The molecule has 7 nitrogen and oxygen atoms in total. The Balaban J connectivity index is 2.74. The number of hydrogen-bond donors (Lipinski definition) is 2. The SMILES string of the molecule is CCOC(=O)c1sc(NS(=O)(=O)NCCOC)cc1C. The molecule has 0 aliphatic rings. The Hall–Kier alpha value is -1.16. The van der Waals surface area contributed by atoms with Crippen LogP contribution in [0.5, 0.6) is 0 Å². The number of thiophene rings is 1. The van der Waals surface area contributed by atoms with Crippen molar-refractivity contribution in [1.82, 2.24) is 4.72 Å². The highest BCUT2D eigenvalue weighted by Gasteiger charge is 2.17. The number of rotatable bonds is 8. The molecule has 1 heterocycles. The number of aryl methyl sites for hydroxylation is 1. The van der Waals surface area contributed by atoms with Crippen LogP contribution in [0.4, 0.5) is 5.00 Å². The van der Waals surface area contributed by atoms with Crippen LogP contribution < -0.4 is 9.44 Å². The van der Waals surface area contributed by atoms with E-state index in [-0.39, 0.29) is 19.8 Å². The van der Waals surface area contributed by atoms with E-state index in [9.17, 15) is 13.2 Å². The fraction of sp³-hybridized carbons (Fsp3) is 0.545. The van der Waals surface area contributed by atoms with Gasteiger partial charge in [-0.25, -0.2) is 4.79 Å². The summed E-state index contributed by atoms with van der Waals surface area (Å²) in [5.41, 5.74) is 0.669. The summed E-state index contributed by atoms with van der Waals surface area (Å²) >= 11 is 1.04. The van der Waals surface area contributed by atoms with Crippen molar-refractivity contribution in [2.24, 2.45) is 0 Å². The van der Waals surface area contributed by atoms with E-state index < -0.39 is 16.2 Å². The van der Waals surface area contributed by atoms with Gasteiger partial charge in [0.2, 0.25) is 0 Å². The number of carbonyl (C=O) groups is 1. The lowest BCUT2D eigenvalue weighted by Gasteiger charge is -2.06. The summed E-state index contributed by atoms with van der Waals surface area (Å²) in [6, 6.07) is 1.59. The van der Waals surface area contributed by atoms with Crippen molar-refractivity contribution in [2.45, 2.75) is 13.8 Å². The van der Waals surface area contributed by atoms with Gasteiger partial charge in [-0.1, -0.05) is 0 Å². The number of anilines is 1. The summed E-state index contributed by atoms with van der Waals surface area (Å²) < 4.78 is 37.7. The Labute approximate surface area is 122 Å². The second-order valence-electron chi connectivity index (χ2n) is 3.84. The Morgan fingerprint density at radius 2 is 2.15 bits per heavy atom. The normalized spacial score (nSPS) is 11.3. The van der Waals surface area contributed by atoms with E-state index in [4.69, 9.17) is 9.47 Å². The van der Waals surface area contributed by atoms with Crippen molar-refractivity contribution in [1.29, 1.82) is 0 Å². The van der Waals surface area contributed by atoms with E-state index in [2.05, 4.69) is 9.44 Å². The molecule has 0 aromatic carbocycles. The first-order chi connectivity index (χ1) is 9.39. The fourth-order valence-corrected chi connectivity index (χ4v) is 3.44. The predicted molar refractivity (Wildman–Crippen MR) is 77.4 cm³/mol. The molecule has 0 amide bonds. The molecule has 1 aromatic heterocycles. The lowest BCUT2D eigenvalue weighted by Crippen LogP contribution is -2.32. The molecular formula is C11H18N2O5S2. The zero-order chi connectivity index (χ0) is 15.2. The third-order valence-corrected chi connectivity index (χ3v) is 4.55. The van der Waals surface area contributed by atoms with E-state index in [0.29, 0.717) is 15.4 Å². The Morgan fingerprint density at radius 3 is 2.75 bits per heavy atom. The monoisotopic (exact) mass is 322 g/mol. The quantitative estimate of drug-likeness (QED) is 0.553. The van der Waals surface area contributed by atoms with Gasteiger partial charge in [-0.05, 0) is 25.5 Å². The minimum absolute atomic E-state index is 0.168. The predicted octanol–water partition coefficient (Wildman–Crippen LogP) is 1.13. The standard InChI is InChI=1S/C11H18N2O5S2/c1-4-18-11(14)10-8(2)7-9(19-10)13-20(15,16)12-5-6-17-3/h7,12-13H,4-6H2,1-3H3. The molecule has 0 saturated carbocycles. The summed E-state index contributed by atoms with van der Waals surface area (Å²) in [4.78, 5) is 12.0. The molecule has 0 unspecified atom stereocenters. The highest BCUT2D eigenvalue weighted by atomic mass is 32.2. The third-order valence-electron chi connectivity index (χ3n) is 2.21. The second kappa shape index (κ2) is 7.58. The van der Waals surface area contributed by atoms with Crippen LogP contribution >= 0.6 is 11.3 Å². The molecule has 9 heteroatoms. The van der Waals surface area contributed by atoms with E-state index in [1.165, 1.54) is 7.11 Å². The molecule has 0 bridgehead atoms. The molecule has 0 saturated heterocycles. The van der Waals surface area contributed by atoms with E-state index in [0.717, 1.165) is 11.3 Å². The van der Waals surface area contributed by atoms with Crippen LogP contribution in [-0.4, -0.2) is 41.3 Å². The van der Waals surface area contributed by atoms with Gasteiger partial charge in [-0.15, -0.1) is 11.3 Å². The van der Waals surface area contributed by atoms with Crippen molar-refractivity contribution in [2.75, 3.05) is 31.6 Å². The summed E-state index contributed by atoms with van der Waals surface area (Å²) in [7, 11) is -2.19. The molecule has 114 valence electrons. The van der Waals surface area contributed by atoms with Gasteiger partial charge in [-0.2, -0.15) is 13.1 Å². The summed E-state index contributed by atoms with van der Waals surface area (Å²) in [6.07, 6.45) is 0. The van der Waals surface area contributed by atoms with Crippen molar-refractivity contribution in [3.63, 3.8) is 0 Å². The van der Waals surface area contributed by atoms with Gasteiger partial charge in [0.1, 0.15) is 9.88 Å². The molecule has 0 radical (unpaired) electrons. The molecule has 1 aromatic rings. The largest absolute Gasteiger partial charge is 0.462 e. The smallest absolute Gasteiger partial charge is 0.348 e. The number of hydrogen-bond acceptors (Lipinski definition) is 6. The average molecular weight is 322 g/mol. The van der Waals surface area contributed by atoms with Crippen LogP contribution in [0.2, 0.25) is 0 Å². The topological polar surface area (TPSA) is 93.7 Å². The van der Waals surface area contributed by atoms with Crippen molar-refractivity contribution < 1.29 is 22.7 Å². The van der Waals surface area contributed by atoms with Gasteiger partial charge in [-0.3, -0.25) is 4.72 Å². The minimum Gasteiger partial charge on any atom is -0.462 e. The Bertz CT molecular complexity index is 553. The highest BCUT2D eigenvalue weighted by molar-refractivity contribution is 7.91. The lowest BCUT2D eigenvalue weighted by atomic mass is 10.3. The first-order valence-electron chi connectivity index (χ1n) is 5.93. The van der Waals surface area contributed by atoms with E-state index in [1.54, 1.807) is 19.9 Å². The van der Waals surface area contributed by atoms with Crippen LogP contribution in [0.3, 0.4) is 0 Å². The molecular weight excluding hydrogens is 304 g/mol.